The lowest BCUT2D eigenvalue weighted by Crippen LogP contribution is -2.29. The van der Waals surface area contributed by atoms with Crippen LogP contribution in [0.3, 0.4) is 0 Å². The zero-order chi connectivity index (χ0) is 23.4. The van der Waals surface area contributed by atoms with Gasteiger partial charge in [-0.05, 0) is 55.3 Å². The summed E-state index contributed by atoms with van der Waals surface area (Å²) in [4.78, 5) is 31.8. The molecule has 1 amide bonds. The molecule has 8 heteroatoms. The Morgan fingerprint density at radius 3 is 2.55 bits per heavy atom. The molecular formula is C25H24N2O5S. The van der Waals surface area contributed by atoms with Gasteiger partial charge < -0.3 is 14.6 Å². The first kappa shape index (κ1) is 22.5. The molecular weight excluding hydrogens is 440 g/mol. The Balaban J connectivity index is 1.83. The third kappa shape index (κ3) is 4.47. The molecule has 0 aliphatic carbocycles. The standard InChI is InChI=1S/C25H24N2O5S/c1-3-13-32-18-10-8-16(9-11-18)22(28)20-21(17-6-5-7-19(15-17)31-4-2)27(24(30)23(20)29)25-26-12-14-33-25/h5-12,14-15,21,28H,3-4,13H2,1-2H3/b22-20+. The van der Waals surface area contributed by atoms with Crippen molar-refractivity contribution in [3.8, 4) is 11.5 Å². The average Bonchev–Trinajstić information content (AvgIpc) is 3.45. The van der Waals surface area contributed by atoms with E-state index in [-0.39, 0.29) is 11.3 Å². The Bertz CT molecular complexity index is 1170. The summed E-state index contributed by atoms with van der Waals surface area (Å²) in [5.41, 5.74) is 1.06. The van der Waals surface area contributed by atoms with Gasteiger partial charge in [-0.1, -0.05) is 19.1 Å². The Morgan fingerprint density at radius 2 is 1.88 bits per heavy atom. The van der Waals surface area contributed by atoms with Crippen molar-refractivity contribution in [2.45, 2.75) is 26.3 Å². The Kier molecular flexibility index (Phi) is 6.74. The fourth-order valence-corrected chi connectivity index (χ4v) is 4.37. The fourth-order valence-electron chi connectivity index (χ4n) is 3.71. The van der Waals surface area contributed by atoms with Gasteiger partial charge in [0.1, 0.15) is 17.3 Å². The second kappa shape index (κ2) is 9.87. The number of ketones is 1. The zero-order valence-corrected chi connectivity index (χ0v) is 19.2. The minimum absolute atomic E-state index is 0.00563. The molecule has 4 rings (SSSR count). The highest BCUT2D eigenvalue weighted by atomic mass is 32.1. The van der Waals surface area contributed by atoms with Crippen LogP contribution in [0.1, 0.15) is 37.4 Å². The summed E-state index contributed by atoms with van der Waals surface area (Å²) in [6, 6.07) is 13.1. The number of rotatable bonds is 8. The molecule has 0 spiro atoms. The van der Waals surface area contributed by atoms with Crippen molar-refractivity contribution < 1.29 is 24.2 Å². The maximum absolute atomic E-state index is 13.1. The number of hydrogen-bond donors (Lipinski definition) is 1. The fraction of sp³-hybridized carbons (Fsp3) is 0.240. The number of anilines is 1. The van der Waals surface area contributed by atoms with Gasteiger partial charge in [-0.2, -0.15) is 0 Å². The van der Waals surface area contributed by atoms with Crippen LogP contribution in [0.25, 0.3) is 5.76 Å². The molecule has 0 bridgehead atoms. The van der Waals surface area contributed by atoms with E-state index < -0.39 is 17.7 Å². The van der Waals surface area contributed by atoms with Crippen molar-refractivity contribution >= 4 is 33.9 Å². The molecule has 1 N–H and O–H groups in total. The number of aromatic nitrogens is 1. The van der Waals surface area contributed by atoms with Gasteiger partial charge in [0.2, 0.25) is 0 Å². The first-order valence-corrected chi connectivity index (χ1v) is 11.6. The molecule has 1 aliphatic rings. The highest BCUT2D eigenvalue weighted by Gasteiger charge is 2.48. The predicted octanol–water partition coefficient (Wildman–Crippen LogP) is 4.96. The Hall–Kier alpha value is -3.65. The van der Waals surface area contributed by atoms with E-state index >= 15 is 0 Å². The summed E-state index contributed by atoms with van der Waals surface area (Å²) in [7, 11) is 0. The largest absolute Gasteiger partial charge is 0.507 e. The number of carbonyl (C=O) groups excluding carboxylic acids is 2. The second-order valence-corrected chi connectivity index (χ2v) is 8.24. The number of amides is 1. The summed E-state index contributed by atoms with van der Waals surface area (Å²) in [5, 5.41) is 13.3. The SMILES string of the molecule is CCCOc1ccc(/C(O)=C2\C(=O)C(=O)N(c3nccs3)C2c2cccc(OCC)c2)cc1. The van der Waals surface area contributed by atoms with Crippen LogP contribution >= 0.6 is 11.3 Å². The minimum atomic E-state index is -0.840. The first-order chi connectivity index (χ1) is 16.0. The monoisotopic (exact) mass is 464 g/mol. The zero-order valence-electron chi connectivity index (χ0n) is 18.4. The molecule has 7 nitrogen and oxygen atoms in total. The highest BCUT2D eigenvalue weighted by molar-refractivity contribution is 7.14. The van der Waals surface area contributed by atoms with Crippen molar-refractivity contribution in [2.24, 2.45) is 0 Å². The summed E-state index contributed by atoms with van der Waals surface area (Å²) in [5.74, 6) is -0.474. The maximum Gasteiger partial charge on any atom is 0.301 e. The van der Waals surface area contributed by atoms with Gasteiger partial charge in [-0.25, -0.2) is 4.98 Å². The Labute approximate surface area is 195 Å². The topological polar surface area (TPSA) is 89.0 Å². The molecule has 0 radical (unpaired) electrons. The molecule has 33 heavy (non-hydrogen) atoms. The minimum Gasteiger partial charge on any atom is -0.507 e. The highest BCUT2D eigenvalue weighted by Crippen LogP contribution is 2.43. The summed E-state index contributed by atoms with van der Waals surface area (Å²) < 4.78 is 11.2. The van der Waals surface area contributed by atoms with E-state index in [1.165, 1.54) is 16.2 Å². The van der Waals surface area contributed by atoms with Crippen LogP contribution in [-0.2, 0) is 9.59 Å². The number of ether oxygens (including phenoxy) is 2. The Morgan fingerprint density at radius 1 is 1.09 bits per heavy atom. The third-order valence-electron chi connectivity index (χ3n) is 5.16. The van der Waals surface area contributed by atoms with Gasteiger partial charge in [0.05, 0.1) is 24.8 Å². The number of thiazole rings is 1. The van der Waals surface area contributed by atoms with E-state index in [9.17, 15) is 14.7 Å². The molecule has 1 fully saturated rings. The molecule has 3 aromatic rings. The molecule has 0 saturated carbocycles. The van der Waals surface area contributed by atoms with Crippen molar-refractivity contribution in [1.29, 1.82) is 0 Å². The molecule has 1 aromatic heterocycles. The number of nitrogens with zero attached hydrogens (tertiary/aromatic N) is 2. The number of hydrogen-bond acceptors (Lipinski definition) is 7. The van der Waals surface area contributed by atoms with Gasteiger partial charge in [0, 0.05) is 17.1 Å². The van der Waals surface area contributed by atoms with Gasteiger partial charge in [0.15, 0.2) is 5.13 Å². The third-order valence-corrected chi connectivity index (χ3v) is 5.93. The number of aliphatic hydroxyl groups excluding tert-OH is 1. The van der Waals surface area contributed by atoms with E-state index in [0.717, 1.165) is 6.42 Å². The summed E-state index contributed by atoms with van der Waals surface area (Å²) in [6.45, 7) is 4.95. The van der Waals surface area contributed by atoms with E-state index in [4.69, 9.17) is 9.47 Å². The molecule has 2 aromatic carbocycles. The van der Waals surface area contributed by atoms with E-state index in [2.05, 4.69) is 4.98 Å². The van der Waals surface area contributed by atoms with E-state index in [0.29, 0.717) is 41.0 Å². The van der Waals surface area contributed by atoms with Crippen LogP contribution < -0.4 is 14.4 Å². The van der Waals surface area contributed by atoms with Crippen LogP contribution in [0.4, 0.5) is 5.13 Å². The molecule has 1 saturated heterocycles. The summed E-state index contributed by atoms with van der Waals surface area (Å²) in [6.07, 6.45) is 2.45. The molecule has 1 atom stereocenters. The van der Waals surface area contributed by atoms with Gasteiger partial charge in [-0.3, -0.25) is 14.5 Å². The van der Waals surface area contributed by atoms with Crippen LogP contribution in [-0.4, -0.2) is 35.0 Å². The lowest BCUT2D eigenvalue weighted by molar-refractivity contribution is -0.132. The number of aliphatic hydroxyl groups is 1. The molecule has 1 aliphatic heterocycles. The molecule has 170 valence electrons. The normalized spacial score (nSPS) is 17.4. The smallest absolute Gasteiger partial charge is 0.301 e. The lowest BCUT2D eigenvalue weighted by Gasteiger charge is -2.23. The number of benzene rings is 2. The van der Waals surface area contributed by atoms with Crippen molar-refractivity contribution in [2.75, 3.05) is 18.1 Å². The van der Waals surface area contributed by atoms with E-state index in [1.807, 2.05) is 13.8 Å². The predicted molar refractivity (Wildman–Crippen MR) is 127 cm³/mol. The second-order valence-electron chi connectivity index (χ2n) is 7.36. The number of carbonyl (C=O) groups is 2. The van der Waals surface area contributed by atoms with Crippen LogP contribution in [0.15, 0.2) is 65.7 Å². The molecule has 1 unspecified atom stereocenters. The van der Waals surface area contributed by atoms with E-state index in [1.54, 1.807) is 60.1 Å². The maximum atomic E-state index is 13.1. The van der Waals surface area contributed by atoms with Crippen molar-refractivity contribution in [3.05, 3.63) is 76.8 Å². The van der Waals surface area contributed by atoms with Crippen molar-refractivity contribution in [3.63, 3.8) is 0 Å². The van der Waals surface area contributed by atoms with Crippen molar-refractivity contribution in [1.82, 2.24) is 4.98 Å². The van der Waals surface area contributed by atoms with Gasteiger partial charge in [-0.15, -0.1) is 11.3 Å². The quantitative estimate of drug-likeness (QED) is 0.288. The first-order valence-electron chi connectivity index (χ1n) is 10.7. The van der Waals surface area contributed by atoms with Crippen LogP contribution in [0, 0.1) is 0 Å². The lowest BCUT2D eigenvalue weighted by atomic mass is 9.95. The van der Waals surface area contributed by atoms with Crippen LogP contribution in [0.2, 0.25) is 0 Å². The summed E-state index contributed by atoms with van der Waals surface area (Å²) >= 11 is 1.25. The number of Topliss-reactive ketones (excluding diaryl/α,β-unsaturated/α-hetero) is 1. The van der Waals surface area contributed by atoms with Gasteiger partial charge >= 0.3 is 5.91 Å². The average molecular weight is 465 g/mol. The van der Waals surface area contributed by atoms with Gasteiger partial charge in [0.25, 0.3) is 5.78 Å². The molecule has 2 heterocycles. The van der Waals surface area contributed by atoms with Crippen LogP contribution in [0.5, 0.6) is 11.5 Å².